The number of halogens is 1. The normalized spacial score (nSPS) is 12.3. The Morgan fingerprint density at radius 2 is 1.76 bits per heavy atom. The van der Waals surface area contributed by atoms with Gasteiger partial charge in [0.25, 0.3) is 0 Å². The van der Waals surface area contributed by atoms with Gasteiger partial charge in [0.1, 0.15) is 5.82 Å². The van der Waals surface area contributed by atoms with Crippen molar-refractivity contribution in [1.82, 2.24) is 5.32 Å². The van der Waals surface area contributed by atoms with Crippen molar-refractivity contribution in [3.8, 4) is 0 Å². The molecule has 0 aliphatic rings. The maximum atomic E-state index is 13.3. The third-order valence-electron chi connectivity index (χ3n) is 3.67. The number of aryl methyl sites for hydroxylation is 1. The van der Waals surface area contributed by atoms with Crippen molar-refractivity contribution in [2.24, 2.45) is 0 Å². The van der Waals surface area contributed by atoms with Crippen LogP contribution in [0, 0.1) is 5.82 Å². The third-order valence-corrected chi connectivity index (χ3v) is 3.67. The summed E-state index contributed by atoms with van der Waals surface area (Å²) in [5.74, 6) is -0.164. The third kappa shape index (κ3) is 4.68. The summed E-state index contributed by atoms with van der Waals surface area (Å²) in [7, 11) is 0. The van der Waals surface area contributed by atoms with Crippen LogP contribution in [0.1, 0.15) is 43.0 Å². The molecule has 0 bridgehead atoms. The van der Waals surface area contributed by atoms with Crippen molar-refractivity contribution in [1.29, 1.82) is 0 Å². The largest absolute Gasteiger partial charge is 0.310 e. The van der Waals surface area contributed by atoms with E-state index in [9.17, 15) is 4.39 Å². The monoisotopic (exact) mass is 285 g/mol. The standard InChI is InChI=1S/C19H24FN/c1-3-7-15-8-5-10-17(12-15)19(21-4-2)14-16-9-6-11-18(20)13-16/h5-6,8-13,19,21H,3-4,7,14H2,1-2H3. The van der Waals surface area contributed by atoms with Crippen LogP contribution in [0.5, 0.6) is 0 Å². The first-order chi connectivity index (χ1) is 10.2. The molecule has 2 heteroatoms. The van der Waals surface area contributed by atoms with E-state index in [1.807, 2.05) is 6.07 Å². The molecular formula is C19H24FN. The summed E-state index contributed by atoms with van der Waals surface area (Å²) in [4.78, 5) is 0. The van der Waals surface area contributed by atoms with E-state index in [-0.39, 0.29) is 11.9 Å². The zero-order valence-corrected chi connectivity index (χ0v) is 12.9. The topological polar surface area (TPSA) is 12.0 Å². The lowest BCUT2D eigenvalue weighted by Crippen LogP contribution is -2.23. The Bertz CT molecular complexity index is 565. The Morgan fingerprint density at radius 3 is 2.48 bits per heavy atom. The van der Waals surface area contributed by atoms with Gasteiger partial charge in [-0.2, -0.15) is 0 Å². The fourth-order valence-electron chi connectivity index (χ4n) is 2.71. The Labute approximate surface area is 127 Å². The zero-order chi connectivity index (χ0) is 15.1. The van der Waals surface area contributed by atoms with Gasteiger partial charge in [0.2, 0.25) is 0 Å². The summed E-state index contributed by atoms with van der Waals surface area (Å²) in [5, 5.41) is 3.51. The van der Waals surface area contributed by atoms with Gasteiger partial charge in [0.05, 0.1) is 0 Å². The fraction of sp³-hybridized carbons (Fsp3) is 0.368. The van der Waals surface area contributed by atoms with Gasteiger partial charge in [-0.15, -0.1) is 0 Å². The highest BCUT2D eigenvalue weighted by Gasteiger charge is 2.12. The SMILES string of the molecule is CCCc1cccc(C(Cc2cccc(F)c2)NCC)c1. The van der Waals surface area contributed by atoms with Gasteiger partial charge in [-0.1, -0.05) is 56.7 Å². The summed E-state index contributed by atoms with van der Waals surface area (Å²) in [5.41, 5.74) is 3.69. The Kier molecular flexibility index (Phi) is 5.94. The Hall–Kier alpha value is -1.67. The maximum Gasteiger partial charge on any atom is 0.123 e. The van der Waals surface area contributed by atoms with Gasteiger partial charge in [0, 0.05) is 6.04 Å². The quantitative estimate of drug-likeness (QED) is 0.779. The summed E-state index contributed by atoms with van der Waals surface area (Å²) in [6.07, 6.45) is 3.06. The second-order valence-corrected chi connectivity index (χ2v) is 5.44. The van der Waals surface area contributed by atoms with Crippen LogP contribution in [-0.4, -0.2) is 6.54 Å². The summed E-state index contributed by atoms with van der Waals surface area (Å²) < 4.78 is 13.3. The molecule has 2 rings (SSSR count). The summed E-state index contributed by atoms with van der Waals surface area (Å²) in [6.45, 7) is 5.20. The van der Waals surface area contributed by atoms with Gasteiger partial charge >= 0.3 is 0 Å². The van der Waals surface area contributed by atoms with Gasteiger partial charge in [0.15, 0.2) is 0 Å². The number of hydrogen-bond acceptors (Lipinski definition) is 1. The molecule has 0 amide bonds. The molecule has 112 valence electrons. The van der Waals surface area contributed by atoms with Crippen LogP contribution in [0.4, 0.5) is 4.39 Å². The molecule has 2 aromatic carbocycles. The molecule has 0 radical (unpaired) electrons. The van der Waals surface area contributed by atoms with Crippen LogP contribution in [0.25, 0.3) is 0 Å². The van der Waals surface area contributed by atoms with E-state index in [4.69, 9.17) is 0 Å². The van der Waals surface area contributed by atoms with E-state index >= 15 is 0 Å². The van der Waals surface area contributed by atoms with Crippen LogP contribution in [0.15, 0.2) is 48.5 Å². The van der Waals surface area contributed by atoms with E-state index in [1.165, 1.54) is 17.2 Å². The molecule has 0 heterocycles. The van der Waals surface area contributed by atoms with Crippen molar-refractivity contribution in [3.05, 3.63) is 71.0 Å². The van der Waals surface area contributed by atoms with Crippen LogP contribution in [-0.2, 0) is 12.8 Å². The average Bonchev–Trinajstić information content (AvgIpc) is 2.47. The minimum atomic E-state index is -0.164. The predicted octanol–water partition coefficient (Wildman–Crippen LogP) is 4.67. The minimum Gasteiger partial charge on any atom is -0.310 e. The van der Waals surface area contributed by atoms with Gasteiger partial charge in [-0.25, -0.2) is 4.39 Å². The number of nitrogens with one attached hydrogen (secondary N) is 1. The highest BCUT2D eigenvalue weighted by Crippen LogP contribution is 2.20. The number of benzene rings is 2. The fourth-order valence-corrected chi connectivity index (χ4v) is 2.71. The van der Waals surface area contributed by atoms with E-state index < -0.39 is 0 Å². The second-order valence-electron chi connectivity index (χ2n) is 5.44. The first-order valence-electron chi connectivity index (χ1n) is 7.79. The minimum absolute atomic E-state index is 0.164. The predicted molar refractivity (Wildman–Crippen MR) is 87.0 cm³/mol. The molecule has 1 nitrogen and oxygen atoms in total. The number of hydrogen-bond donors (Lipinski definition) is 1. The molecule has 0 fully saturated rings. The molecule has 1 N–H and O–H groups in total. The van der Waals surface area contributed by atoms with Crippen molar-refractivity contribution in [2.45, 2.75) is 39.2 Å². The lowest BCUT2D eigenvalue weighted by Gasteiger charge is -2.19. The van der Waals surface area contributed by atoms with Crippen molar-refractivity contribution in [3.63, 3.8) is 0 Å². The van der Waals surface area contributed by atoms with Gasteiger partial charge in [-0.3, -0.25) is 0 Å². The van der Waals surface area contributed by atoms with Gasteiger partial charge in [-0.05, 0) is 48.2 Å². The van der Waals surface area contributed by atoms with Crippen LogP contribution >= 0.6 is 0 Å². The molecule has 0 saturated heterocycles. The summed E-state index contributed by atoms with van der Waals surface area (Å²) >= 11 is 0. The molecule has 0 aliphatic carbocycles. The van der Waals surface area contributed by atoms with E-state index in [1.54, 1.807) is 12.1 Å². The van der Waals surface area contributed by atoms with Crippen molar-refractivity contribution in [2.75, 3.05) is 6.54 Å². The second kappa shape index (κ2) is 7.94. The average molecular weight is 285 g/mol. The first kappa shape index (κ1) is 15.7. The van der Waals surface area contributed by atoms with E-state index in [0.717, 1.165) is 31.4 Å². The van der Waals surface area contributed by atoms with Crippen LogP contribution < -0.4 is 5.32 Å². The molecule has 0 spiro atoms. The summed E-state index contributed by atoms with van der Waals surface area (Å²) in [6, 6.07) is 15.8. The molecule has 2 aromatic rings. The Morgan fingerprint density at radius 1 is 1.00 bits per heavy atom. The lowest BCUT2D eigenvalue weighted by molar-refractivity contribution is 0.546. The van der Waals surface area contributed by atoms with E-state index in [0.29, 0.717) is 0 Å². The maximum absolute atomic E-state index is 13.3. The molecule has 0 saturated carbocycles. The lowest BCUT2D eigenvalue weighted by atomic mass is 9.96. The highest BCUT2D eigenvalue weighted by atomic mass is 19.1. The molecule has 0 aliphatic heterocycles. The Balaban J connectivity index is 2.19. The van der Waals surface area contributed by atoms with Crippen molar-refractivity contribution >= 4 is 0 Å². The molecular weight excluding hydrogens is 261 g/mol. The molecule has 1 unspecified atom stereocenters. The smallest absolute Gasteiger partial charge is 0.123 e. The molecule has 0 aromatic heterocycles. The first-order valence-corrected chi connectivity index (χ1v) is 7.79. The van der Waals surface area contributed by atoms with E-state index in [2.05, 4.69) is 43.4 Å². The van der Waals surface area contributed by atoms with Crippen molar-refractivity contribution < 1.29 is 4.39 Å². The highest BCUT2D eigenvalue weighted by molar-refractivity contribution is 5.28. The zero-order valence-electron chi connectivity index (χ0n) is 12.9. The van der Waals surface area contributed by atoms with Gasteiger partial charge < -0.3 is 5.32 Å². The molecule has 21 heavy (non-hydrogen) atoms. The number of likely N-dealkylation sites (N-methyl/N-ethyl adjacent to an activating group) is 1. The van der Waals surface area contributed by atoms with Crippen LogP contribution in [0.3, 0.4) is 0 Å². The molecule has 1 atom stereocenters. The number of rotatable bonds is 7. The van der Waals surface area contributed by atoms with Crippen LogP contribution in [0.2, 0.25) is 0 Å².